The van der Waals surface area contributed by atoms with Gasteiger partial charge in [-0.3, -0.25) is 10.2 Å². The number of nitrogens with one attached hydrogen (secondary N) is 1. The minimum atomic E-state index is -1.12. The van der Waals surface area contributed by atoms with Gasteiger partial charge in [0.2, 0.25) is 5.91 Å². The van der Waals surface area contributed by atoms with E-state index < -0.39 is 5.97 Å². The zero-order chi connectivity index (χ0) is 27.2. The molecule has 0 bridgehead atoms. The van der Waals surface area contributed by atoms with Crippen molar-refractivity contribution in [2.45, 2.75) is 32.6 Å². The fourth-order valence-electron chi connectivity index (χ4n) is 4.62. The van der Waals surface area contributed by atoms with Gasteiger partial charge in [0.1, 0.15) is 11.3 Å². The normalized spacial score (nSPS) is 12.9. The number of methoxy groups -OCH3 is 1. The summed E-state index contributed by atoms with van der Waals surface area (Å²) in [5, 5.41) is 20.3. The third-order valence-corrected chi connectivity index (χ3v) is 7.32. The zero-order valence-electron chi connectivity index (χ0n) is 21.3. The maximum atomic E-state index is 14.0. The van der Waals surface area contributed by atoms with Gasteiger partial charge in [0.05, 0.1) is 42.2 Å². The van der Waals surface area contributed by atoms with E-state index in [4.69, 9.17) is 4.74 Å². The number of nitriles is 1. The molecule has 1 aliphatic heterocycles. The fourth-order valence-corrected chi connectivity index (χ4v) is 5.11. The number of nitrogens with zero attached hydrogens (tertiary/aromatic N) is 3. The Morgan fingerprint density at radius 2 is 1.84 bits per heavy atom. The van der Waals surface area contributed by atoms with E-state index in [2.05, 4.69) is 32.3 Å². The molecule has 3 aromatic carbocycles. The first-order valence-corrected chi connectivity index (χ1v) is 13.2. The van der Waals surface area contributed by atoms with Gasteiger partial charge in [-0.15, -0.1) is 0 Å². The number of piperidine rings is 1. The Morgan fingerprint density at radius 3 is 2.47 bits per heavy atom. The Kier molecular flexibility index (Phi) is 8.54. The average molecular weight is 577 g/mol. The van der Waals surface area contributed by atoms with Crippen LogP contribution in [-0.2, 0) is 11.2 Å². The molecule has 0 aliphatic carbocycles. The molecule has 0 atom stereocenters. The molecule has 1 saturated heterocycles. The van der Waals surface area contributed by atoms with Crippen LogP contribution < -0.4 is 20.1 Å². The van der Waals surface area contributed by atoms with Crippen LogP contribution in [0.25, 0.3) is 0 Å². The largest absolute Gasteiger partial charge is 0.496 e. The number of aryl methyl sites for hydroxylation is 1. The summed E-state index contributed by atoms with van der Waals surface area (Å²) in [6.45, 7) is 3.80. The monoisotopic (exact) mass is 576 g/mol. The number of para-hydroxylation sites is 1. The van der Waals surface area contributed by atoms with Crippen molar-refractivity contribution in [1.82, 2.24) is 0 Å². The predicted octanol–water partition coefficient (Wildman–Crippen LogP) is 5.93. The van der Waals surface area contributed by atoms with E-state index >= 15 is 0 Å². The Labute approximate surface area is 230 Å². The van der Waals surface area contributed by atoms with Crippen LogP contribution >= 0.6 is 15.9 Å². The molecule has 0 saturated carbocycles. The molecule has 1 aliphatic rings. The van der Waals surface area contributed by atoms with Crippen molar-refractivity contribution in [2.24, 2.45) is 0 Å². The number of amides is 1. The molecular formula is C29H29BrN4O4. The summed E-state index contributed by atoms with van der Waals surface area (Å²) >= 11 is 3.44. The molecule has 0 spiro atoms. The molecule has 1 fully saturated rings. The zero-order valence-corrected chi connectivity index (χ0v) is 22.9. The van der Waals surface area contributed by atoms with Crippen LogP contribution in [0.2, 0.25) is 0 Å². The number of hydrogen-bond donors (Lipinski definition) is 2. The van der Waals surface area contributed by atoms with Gasteiger partial charge in [-0.1, -0.05) is 28.1 Å². The number of ether oxygens (including phenoxy) is 1. The van der Waals surface area contributed by atoms with E-state index in [-0.39, 0.29) is 23.6 Å². The predicted molar refractivity (Wildman–Crippen MR) is 151 cm³/mol. The first-order chi connectivity index (χ1) is 18.3. The van der Waals surface area contributed by atoms with Crippen molar-refractivity contribution in [3.63, 3.8) is 0 Å². The lowest BCUT2D eigenvalue weighted by Crippen LogP contribution is -2.40. The van der Waals surface area contributed by atoms with Crippen LogP contribution in [0.15, 0.2) is 59.1 Å². The Morgan fingerprint density at radius 1 is 1.13 bits per heavy atom. The highest BCUT2D eigenvalue weighted by Gasteiger charge is 2.26. The standard InChI is InChI=1S/C29H29BrN4O4/c1-19-7-6-8-25(33-13-4-3-5-14-33)28(19)34(32-22-11-9-20(18-31)10-12-22)27(35)16-21-15-26(38-2)23(29(36)37)17-24(21)30/h6-12,15,17,32H,3-5,13-14,16H2,1-2H3,(H,36,37). The summed E-state index contributed by atoms with van der Waals surface area (Å²) in [6.07, 6.45) is 3.35. The van der Waals surface area contributed by atoms with E-state index in [9.17, 15) is 20.0 Å². The lowest BCUT2D eigenvalue weighted by atomic mass is 10.0. The Hall–Kier alpha value is -4.03. The summed E-state index contributed by atoms with van der Waals surface area (Å²) in [5.74, 6) is -1.18. The number of aromatic carboxylic acids is 1. The molecule has 1 heterocycles. The lowest BCUT2D eigenvalue weighted by Gasteiger charge is -2.35. The highest BCUT2D eigenvalue weighted by Crippen LogP contribution is 2.36. The number of benzene rings is 3. The number of rotatable bonds is 8. The summed E-state index contributed by atoms with van der Waals surface area (Å²) in [7, 11) is 1.40. The van der Waals surface area contributed by atoms with Gasteiger partial charge in [-0.25, -0.2) is 9.80 Å². The summed E-state index contributed by atoms with van der Waals surface area (Å²) in [4.78, 5) is 27.9. The Bertz CT molecular complexity index is 1380. The third-order valence-electron chi connectivity index (χ3n) is 6.58. The average Bonchev–Trinajstić information content (AvgIpc) is 2.93. The van der Waals surface area contributed by atoms with E-state index in [1.807, 2.05) is 25.1 Å². The SMILES string of the molecule is COc1cc(CC(=O)N(Nc2ccc(C#N)cc2)c2c(C)cccc2N2CCCCC2)c(Br)cc1C(=O)O. The van der Waals surface area contributed by atoms with Crippen LogP contribution in [0.3, 0.4) is 0 Å². The fraction of sp³-hybridized carbons (Fsp3) is 0.276. The minimum Gasteiger partial charge on any atom is -0.496 e. The summed E-state index contributed by atoms with van der Waals surface area (Å²) in [6, 6.07) is 18.1. The van der Waals surface area contributed by atoms with Crippen LogP contribution in [-0.4, -0.2) is 37.2 Å². The van der Waals surface area contributed by atoms with E-state index in [1.165, 1.54) is 19.6 Å². The van der Waals surface area contributed by atoms with Crippen LogP contribution in [0.1, 0.15) is 46.3 Å². The van der Waals surface area contributed by atoms with Crippen molar-refractivity contribution in [3.8, 4) is 11.8 Å². The van der Waals surface area contributed by atoms with Gasteiger partial charge in [-0.2, -0.15) is 5.26 Å². The Balaban J connectivity index is 1.76. The number of carbonyl (C=O) groups is 2. The molecule has 0 radical (unpaired) electrons. The molecule has 4 rings (SSSR count). The number of anilines is 3. The highest BCUT2D eigenvalue weighted by atomic mass is 79.9. The quantitative estimate of drug-likeness (QED) is 0.320. The van der Waals surface area contributed by atoms with E-state index in [1.54, 1.807) is 35.3 Å². The number of hydrogen-bond acceptors (Lipinski definition) is 6. The van der Waals surface area contributed by atoms with Crippen LogP contribution in [0.5, 0.6) is 5.75 Å². The van der Waals surface area contributed by atoms with Crippen molar-refractivity contribution in [1.29, 1.82) is 5.26 Å². The second-order valence-electron chi connectivity index (χ2n) is 9.15. The van der Waals surface area contributed by atoms with Crippen molar-refractivity contribution in [2.75, 3.05) is 35.5 Å². The molecule has 1 amide bonds. The molecule has 0 aromatic heterocycles. The third kappa shape index (κ3) is 5.92. The van der Waals surface area contributed by atoms with Crippen LogP contribution in [0, 0.1) is 18.3 Å². The summed E-state index contributed by atoms with van der Waals surface area (Å²) < 4.78 is 5.79. The first kappa shape index (κ1) is 27.0. The molecular weight excluding hydrogens is 548 g/mol. The molecule has 196 valence electrons. The van der Waals surface area contributed by atoms with E-state index in [0.29, 0.717) is 21.3 Å². The maximum Gasteiger partial charge on any atom is 0.339 e. The highest BCUT2D eigenvalue weighted by molar-refractivity contribution is 9.10. The van der Waals surface area contributed by atoms with Gasteiger partial charge in [0.15, 0.2) is 0 Å². The number of carboxylic acids is 1. The number of halogens is 1. The van der Waals surface area contributed by atoms with Crippen molar-refractivity contribution >= 4 is 44.9 Å². The van der Waals surface area contributed by atoms with Gasteiger partial charge in [0.25, 0.3) is 0 Å². The lowest BCUT2D eigenvalue weighted by molar-refractivity contribution is -0.117. The van der Waals surface area contributed by atoms with Gasteiger partial charge in [-0.05, 0) is 79.8 Å². The summed E-state index contributed by atoms with van der Waals surface area (Å²) in [5.41, 5.74) is 7.71. The van der Waals surface area contributed by atoms with E-state index in [0.717, 1.165) is 42.9 Å². The molecule has 9 heteroatoms. The molecule has 8 nitrogen and oxygen atoms in total. The van der Waals surface area contributed by atoms with Crippen molar-refractivity contribution in [3.05, 3.63) is 81.3 Å². The van der Waals surface area contributed by atoms with Crippen LogP contribution in [0.4, 0.5) is 17.1 Å². The first-order valence-electron chi connectivity index (χ1n) is 12.4. The van der Waals surface area contributed by atoms with Gasteiger partial charge >= 0.3 is 5.97 Å². The smallest absolute Gasteiger partial charge is 0.339 e. The molecule has 0 unspecified atom stereocenters. The number of hydrazine groups is 1. The minimum absolute atomic E-state index is 0.00873. The maximum absolute atomic E-state index is 14.0. The molecule has 2 N–H and O–H groups in total. The molecule has 38 heavy (non-hydrogen) atoms. The van der Waals surface area contributed by atoms with Crippen molar-refractivity contribution < 1.29 is 19.4 Å². The number of carboxylic acid groups (broad SMARTS) is 1. The number of carbonyl (C=O) groups excluding carboxylic acids is 1. The van der Waals surface area contributed by atoms with Gasteiger partial charge < -0.3 is 14.7 Å². The topological polar surface area (TPSA) is 106 Å². The molecule has 3 aromatic rings. The second kappa shape index (κ2) is 12.0. The second-order valence-corrected chi connectivity index (χ2v) is 10.0. The van der Waals surface area contributed by atoms with Gasteiger partial charge in [0, 0.05) is 17.6 Å².